The van der Waals surface area contributed by atoms with Crippen LogP contribution >= 0.6 is 0 Å². The van der Waals surface area contributed by atoms with Gasteiger partial charge in [0.1, 0.15) is 17.5 Å². The van der Waals surface area contributed by atoms with Crippen molar-refractivity contribution in [2.24, 2.45) is 5.84 Å². The Morgan fingerprint density at radius 1 is 1.25 bits per heavy atom. The topological polar surface area (TPSA) is 87.3 Å². The first-order chi connectivity index (χ1) is 9.35. The molecule has 0 spiro atoms. The summed E-state index contributed by atoms with van der Waals surface area (Å²) in [6, 6.07) is 0. The number of nitrogen functional groups attached to an aromatic ring is 1. The van der Waals surface area contributed by atoms with Crippen LogP contribution in [-0.2, 0) is 5.41 Å². The lowest BCUT2D eigenvalue weighted by molar-refractivity contribution is 0.301. The third-order valence-corrected chi connectivity index (χ3v) is 3.09. The van der Waals surface area contributed by atoms with Crippen molar-refractivity contribution in [2.45, 2.75) is 46.5 Å². The number of nitrogens with one attached hydrogen (secondary N) is 1. The first kappa shape index (κ1) is 16.7. The molecule has 6 nitrogen and oxygen atoms in total. The lowest BCUT2D eigenvalue weighted by atomic mass is 9.95. The molecule has 20 heavy (non-hydrogen) atoms. The molecule has 0 unspecified atom stereocenters. The molecule has 6 heteroatoms. The van der Waals surface area contributed by atoms with Gasteiger partial charge in [-0.1, -0.05) is 27.7 Å². The number of anilines is 2. The zero-order chi connectivity index (χ0) is 15.3. The number of aromatic nitrogens is 2. The highest BCUT2D eigenvalue weighted by Crippen LogP contribution is 2.28. The van der Waals surface area contributed by atoms with Gasteiger partial charge < -0.3 is 15.4 Å². The van der Waals surface area contributed by atoms with E-state index in [1.54, 1.807) is 0 Å². The van der Waals surface area contributed by atoms with E-state index in [1.807, 2.05) is 6.92 Å². The number of hydrogen-bond acceptors (Lipinski definition) is 6. The fraction of sp³-hybridized carbons (Fsp3) is 0.714. The minimum atomic E-state index is -0.162. The zero-order valence-corrected chi connectivity index (χ0v) is 13.2. The molecule has 0 aliphatic carbocycles. The van der Waals surface area contributed by atoms with E-state index in [1.165, 1.54) is 0 Å². The van der Waals surface area contributed by atoms with Gasteiger partial charge >= 0.3 is 0 Å². The first-order valence-corrected chi connectivity index (χ1v) is 7.06. The van der Waals surface area contributed by atoms with Crippen LogP contribution in [0.15, 0.2) is 0 Å². The molecule has 1 aromatic heterocycles. The maximum Gasteiger partial charge on any atom is 0.148 e. The Morgan fingerprint density at radius 3 is 2.35 bits per heavy atom. The molecule has 0 saturated carbocycles. The van der Waals surface area contributed by atoms with Crippen LogP contribution in [0.2, 0.25) is 0 Å². The third kappa shape index (κ3) is 3.80. The Balaban J connectivity index is 3.34. The van der Waals surface area contributed by atoms with E-state index in [0.717, 1.165) is 30.2 Å². The van der Waals surface area contributed by atoms with Crippen LogP contribution in [0.1, 0.15) is 45.5 Å². The lowest BCUT2D eigenvalue weighted by Crippen LogP contribution is -2.31. The van der Waals surface area contributed by atoms with Gasteiger partial charge in [0, 0.05) is 24.1 Å². The second-order valence-corrected chi connectivity index (χ2v) is 5.95. The minimum absolute atomic E-state index is 0.0969. The molecule has 0 bridgehead atoms. The van der Waals surface area contributed by atoms with Crippen LogP contribution in [-0.4, -0.2) is 34.8 Å². The van der Waals surface area contributed by atoms with Gasteiger partial charge in [-0.05, 0) is 13.3 Å². The highest BCUT2D eigenvalue weighted by Gasteiger charge is 2.23. The van der Waals surface area contributed by atoms with Crippen LogP contribution in [0.5, 0.6) is 0 Å². The number of aliphatic hydroxyl groups excluding tert-OH is 1. The zero-order valence-electron chi connectivity index (χ0n) is 13.2. The number of hydrazine groups is 1. The first-order valence-electron chi connectivity index (χ1n) is 7.06. The summed E-state index contributed by atoms with van der Waals surface area (Å²) in [7, 11) is 0. The van der Waals surface area contributed by atoms with E-state index in [-0.39, 0.29) is 12.0 Å². The van der Waals surface area contributed by atoms with E-state index in [2.05, 4.69) is 43.0 Å². The second kappa shape index (κ2) is 6.85. The Kier molecular flexibility index (Phi) is 5.71. The van der Waals surface area contributed by atoms with Gasteiger partial charge in [-0.15, -0.1) is 0 Å². The molecule has 0 aliphatic rings. The van der Waals surface area contributed by atoms with Gasteiger partial charge in [0.05, 0.1) is 6.61 Å². The lowest BCUT2D eigenvalue weighted by Gasteiger charge is -2.27. The molecule has 0 atom stereocenters. The van der Waals surface area contributed by atoms with Gasteiger partial charge in [0.15, 0.2) is 0 Å². The van der Waals surface area contributed by atoms with E-state index in [0.29, 0.717) is 12.4 Å². The molecule has 4 N–H and O–H groups in total. The summed E-state index contributed by atoms with van der Waals surface area (Å²) in [5, 5.41) is 9.25. The third-order valence-electron chi connectivity index (χ3n) is 3.09. The van der Waals surface area contributed by atoms with Gasteiger partial charge in [-0.25, -0.2) is 15.8 Å². The largest absolute Gasteiger partial charge is 0.395 e. The monoisotopic (exact) mass is 281 g/mol. The number of rotatable bonds is 6. The standard InChI is InChI=1S/C14H27N5O/c1-6-7-19(8-9-20)12-10(2)11(18-15)16-13(17-12)14(3,4)5/h20H,6-9,15H2,1-5H3,(H,16,17,18). The van der Waals surface area contributed by atoms with Crippen LogP contribution in [0.25, 0.3) is 0 Å². The molecule has 0 aromatic carbocycles. The fourth-order valence-electron chi connectivity index (χ4n) is 2.00. The molecule has 0 saturated heterocycles. The van der Waals surface area contributed by atoms with Crippen molar-refractivity contribution in [1.82, 2.24) is 9.97 Å². The maximum atomic E-state index is 9.25. The van der Waals surface area contributed by atoms with E-state index in [9.17, 15) is 5.11 Å². The van der Waals surface area contributed by atoms with Gasteiger partial charge in [0.25, 0.3) is 0 Å². The summed E-state index contributed by atoms with van der Waals surface area (Å²) in [6.07, 6.45) is 0.986. The van der Waals surface area contributed by atoms with E-state index in [4.69, 9.17) is 10.8 Å². The SMILES string of the molecule is CCCN(CCO)c1nc(C(C)(C)C)nc(NN)c1C. The predicted molar refractivity (Wildman–Crippen MR) is 82.9 cm³/mol. The van der Waals surface area contributed by atoms with Crippen molar-refractivity contribution in [3.8, 4) is 0 Å². The van der Waals surface area contributed by atoms with Crippen LogP contribution in [0.4, 0.5) is 11.6 Å². The minimum Gasteiger partial charge on any atom is -0.395 e. The summed E-state index contributed by atoms with van der Waals surface area (Å²) in [4.78, 5) is 11.3. The normalized spacial score (nSPS) is 11.6. The smallest absolute Gasteiger partial charge is 0.148 e. The Labute approximate surface area is 121 Å². The molecular formula is C14H27N5O. The molecule has 1 rings (SSSR count). The molecule has 0 aliphatic heterocycles. The molecule has 1 aromatic rings. The van der Waals surface area contributed by atoms with Gasteiger partial charge in [-0.3, -0.25) is 0 Å². The van der Waals surface area contributed by atoms with Crippen molar-refractivity contribution < 1.29 is 5.11 Å². The Bertz CT molecular complexity index is 436. The quantitative estimate of drug-likeness (QED) is 0.542. The van der Waals surface area contributed by atoms with Crippen molar-refractivity contribution in [3.63, 3.8) is 0 Å². The molecule has 0 amide bonds. The average molecular weight is 281 g/mol. The Morgan fingerprint density at radius 2 is 1.90 bits per heavy atom. The highest BCUT2D eigenvalue weighted by atomic mass is 16.3. The maximum absolute atomic E-state index is 9.25. The predicted octanol–water partition coefficient (Wildman–Crippen LogP) is 1.58. The number of nitrogens with zero attached hydrogens (tertiary/aromatic N) is 3. The van der Waals surface area contributed by atoms with Crippen molar-refractivity contribution in [3.05, 3.63) is 11.4 Å². The summed E-state index contributed by atoms with van der Waals surface area (Å²) < 4.78 is 0. The van der Waals surface area contributed by atoms with Gasteiger partial charge in [0.2, 0.25) is 0 Å². The highest BCUT2D eigenvalue weighted by molar-refractivity contribution is 5.58. The van der Waals surface area contributed by atoms with Crippen molar-refractivity contribution >= 4 is 11.6 Å². The molecule has 0 fully saturated rings. The molecule has 114 valence electrons. The van der Waals surface area contributed by atoms with Crippen molar-refractivity contribution in [1.29, 1.82) is 0 Å². The number of nitrogens with two attached hydrogens (primary N) is 1. The summed E-state index contributed by atoms with van der Waals surface area (Å²) in [5.74, 6) is 7.79. The van der Waals surface area contributed by atoms with Crippen LogP contribution in [0.3, 0.4) is 0 Å². The molecular weight excluding hydrogens is 254 g/mol. The summed E-state index contributed by atoms with van der Waals surface area (Å²) >= 11 is 0. The number of hydrogen-bond donors (Lipinski definition) is 3. The second-order valence-electron chi connectivity index (χ2n) is 5.95. The fourth-order valence-corrected chi connectivity index (χ4v) is 2.00. The Hall–Kier alpha value is -1.40. The molecule has 1 heterocycles. The number of aliphatic hydroxyl groups is 1. The van der Waals surface area contributed by atoms with Crippen LogP contribution < -0.4 is 16.2 Å². The van der Waals surface area contributed by atoms with Gasteiger partial charge in [-0.2, -0.15) is 0 Å². The van der Waals surface area contributed by atoms with E-state index < -0.39 is 0 Å². The summed E-state index contributed by atoms with van der Waals surface area (Å²) in [5.41, 5.74) is 3.39. The van der Waals surface area contributed by atoms with E-state index >= 15 is 0 Å². The average Bonchev–Trinajstić information content (AvgIpc) is 2.37. The van der Waals surface area contributed by atoms with Crippen LogP contribution in [0, 0.1) is 6.92 Å². The van der Waals surface area contributed by atoms with Crippen molar-refractivity contribution in [2.75, 3.05) is 30.0 Å². The summed E-state index contributed by atoms with van der Waals surface area (Å²) in [6.45, 7) is 11.7. The molecule has 0 radical (unpaired) electrons.